The smallest absolute Gasteiger partial charge is 0.257 e. The van der Waals surface area contributed by atoms with Crippen LogP contribution in [0, 0.1) is 0 Å². The molecule has 3 aromatic rings. The first-order valence-corrected chi connectivity index (χ1v) is 8.58. The van der Waals surface area contributed by atoms with E-state index in [2.05, 4.69) is 20.2 Å². The Hall–Kier alpha value is -2.87. The van der Waals surface area contributed by atoms with Crippen molar-refractivity contribution in [1.29, 1.82) is 0 Å². The van der Waals surface area contributed by atoms with Crippen molar-refractivity contribution in [2.24, 2.45) is 0 Å². The van der Waals surface area contributed by atoms with Gasteiger partial charge in [0, 0.05) is 31.2 Å². The molecule has 0 atom stereocenters. The molecule has 0 radical (unpaired) electrons. The van der Waals surface area contributed by atoms with Gasteiger partial charge in [0.25, 0.3) is 5.91 Å². The van der Waals surface area contributed by atoms with Crippen molar-refractivity contribution in [2.75, 3.05) is 38.2 Å². The van der Waals surface area contributed by atoms with Crippen molar-refractivity contribution < 1.29 is 9.53 Å². The zero-order chi connectivity index (χ0) is 18.1. The SMILES string of the molecule is COc1ccc(Cl)cc1C(=O)N1CCN(c2ccc3nncn3n2)CC1. The third kappa shape index (κ3) is 3.03. The summed E-state index contributed by atoms with van der Waals surface area (Å²) >= 11 is 6.04. The molecule has 3 heterocycles. The molecule has 0 spiro atoms. The summed E-state index contributed by atoms with van der Waals surface area (Å²) in [5.41, 5.74) is 1.19. The Balaban J connectivity index is 1.48. The molecule has 9 heteroatoms. The first kappa shape index (κ1) is 16.6. The molecule has 0 unspecified atom stereocenters. The van der Waals surface area contributed by atoms with E-state index in [1.165, 1.54) is 0 Å². The number of hydrogen-bond acceptors (Lipinski definition) is 6. The fourth-order valence-electron chi connectivity index (χ4n) is 3.04. The minimum atomic E-state index is -0.0776. The number of hydrogen-bond donors (Lipinski definition) is 0. The molecular formula is C17H17ClN6O2. The molecule has 134 valence electrons. The number of halogens is 1. The minimum absolute atomic E-state index is 0.0776. The summed E-state index contributed by atoms with van der Waals surface area (Å²) < 4.78 is 6.94. The van der Waals surface area contributed by atoms with Crippen molar-refractivity contribution in [3.8, 4) is 5.75 Å². The van der Waals surface area contributed by atoms with E-state index in [0.717, 1.165) is 5.82 Å². The van der Waals surface area contributed by atoms with E-state index in [1.54, 1.807) is 36.2 Å². The zero-order valence-corrected chi connectivity index (χ0v) is 14.9. The van der Waals surface area contributed by atoms with Gasteiger partial charge in [0.2, 0.25) is 0 Å². The molecule has 1 aliphatic heterocycles. The van der Waals surface area contributed by atoms with E-state index in [0.29, 0.717) is 48.2 Å². The molecule has 0 N–H and O–H groups in total. The van der Waals surface area contributed by atoms with Crippen LogP contribution in [0.2, 0.25) is 5.02 Å². The predicted molar refractivity (Wildman–Crippen MR) is 96.9 cm³/mol. The Kier molecular flexibility index (Phi) is 4.34. The summed E-state index contributed by atoms with van der Waals surface area (Å²) in [6.07, 6.45) is 1.57. The van der Waals surface area contributed by atoms with Gasteiger partial charge in [0.1, 0.15) is 17.9 Å². The number of nitrogens with zero attached hydrogens (tertiary/aromatic N) is 6. The normalized spacial score (nSPS) is 14.7. The number of ether oxygens (including phenoxy) is 1. The Labute approximate surface area is 154 Å². The van der Waals surface area contributed by atoms with Gasteiger partial charge < -0.3 is 14.5 Å². The van der Waals surface area contributed by atoms with Crippen molar-refractivity contribution in [2.45, 2.75) is 0 Å². The largest absolute Gasteiger partial charge is 0.496 e. The minimum Gasteiger partial charge on any atom is -0.496 e. The van der Waals surface area contributed by atoms with E-state index in [1.807, 2.05) is 17.0 Å². The zero-order valence-electron chi connectivity index (χ0n) is 14.2. The lowest BCUT2D eigenvalue weighted by atomic mass is 10.1. The number of benzene rings is 1. The summed E-state index contributed by atoms with van der Waals surface area (Å²) in [6.45, 7) is 2.57. The summed E-state index contributed by atoms with van der Waals surface area (Å²) in [7, 11) is 1.55. The van der Waals surface area contributed by atoms with Crippen LogP contribution in [0.25, 0.3) is 5.65 Å². The highest BCUT2D eigenvalue weighted by Gasteiger charge is 2.25. The molecule has 0 aliphatic carbocycles. The van der Waals surface area contributed by atoms with Crippen molar-refractivity contribution in [3.63, 3.8) is 0 Å². The van der Waals surface area contributed by atoms with E-state index in [-0.39, 0.29) is 5.91 Å². The molecule has 1 aromatic carbocycles. The molecule has 0 bridgehead atoms. The topological polar surface area (TPSA) is 75.9 Å². The van der Waals surface area contributed by atoms with Crippen molar-refractivity contribution in [1.82, 2.24) is 24.7 Å². The fourth-order valence-corrected chi connectivity index (χ4v) is 3.22. The lowest BCUT2D eigenvalue weighted by molar-refractivity contribution is 0.0743. The van der Waals surface area contributed by atoms with Gasteiger partial charge in [-0.15, -0.1) is 15.3 Å². The first-order chi connectivity index (χ1) is 12.7. The third-order valence-electron chi connectivity index (χ3n) is 4.43. The van der Waals surface area contributed by atoms with Crippen LogP contribution in [-0.4, -0.2) is 63.9 Å². The van der Waals surface area contributed by atoms with Gasteiger partial charge in [-0.1, -0.05) is 11.6 Å². The van der Waals surface area contributed by atoms with Crippen molar-refractivity contribution in [3.05, 3.63) is 47.2 Å². The van der Waals surface area contributed by atoms with Crippen LogP contribution >= 0.6 is 11.6 Å². The third-order valence-corrected chi connectivity index (χ3v) is 4.67. The molecule has 8 nitrogen and oxygen atoms in total. The maximum Gasteiger partial charge on any atom is 0.257 e. The van der Waals surface area contributed by atoms with Crippen LogP contribution in [0.4, 0.5) is 5.82 Å². The van der Waals surface area contributed by atoms with Gasteiger partial charge in [-0.25, -0.2) is 0 Å². The second-order valence-electron chi connectivity index (χ2n) is 5.95. The van der Waals surface area contributed by atoms with Gasteiger partial charge in [0.15, 0.2) is 5.65 Å². The summed E-state index contributed by atoms with van der Waals surface area (Å²) in [5.74, 6) is 1.29. The molecular weight excluding hydrogens is 356 g/mol. The van der Waals surface area contributed by atoms with Crippen LogP contribution in [0.3, 0.4) is 0 Å². The van der Waals surface area contributed by atoms with E-state index < -0.39 is 0 Å². The Morgan fingerprint density at radius 1 is 1.15 bits per heavy atom. The summed E-state index contributed by atoms with van der Waals surface area (Å²) in [5, 5.41) is 12.8. The second-order valence-corrected chi connectivity index (χ2v) is 6.39. The molecule has 1 saturated heterocycles. The fraction of sp³-hybridized carbons (Fsp3) is 0.294. The monoisotopic (exact) mass is 372 g/mol. The first-order valence-electron chi connectivity index (χ1n) is 8.20. The number of methoxy groups -OCH3 is 1. The number of anilines is 1. The van der Waals surface area contributed by atoms with Crippen LogP contribution in [-0.2, 0) is 0 Å². The number of piperazine rings is 1. The van der Waals surface area contributed by atoms with E-state index >= 15 is 0 Å². The number of aromatic nitrogens is 4. The van der Waals surface area contributed by atoms with Crippen LogP contribution in [0.5, 0.6) is 5.75 Å². The van der Waals surface area contributed by atoms with Crippen LogP contribution in [0.15, 0.2) is 36.7 Å². The highest BCUT2D eigenvalue weighted by molar-refractivity contribution is 6.31. The van der Waals surface area contributed by atoms with Gasteiger partial charge >= 0.3 is 0 Å². The molecule has 0 saturated carbocycles. The summed E-state index contributed by atoms with van der Waals surface area (Å²) in [4.78, 5) is 16.8. The van der Waals surface area contributed by atoms with E-state index in [4.69, 9.17) is 16.3 Å². The number of rotatable bonds is 3. The molecule has 26 heavy (non-hydrogen) atoms. The van der Waals surface area contributed by atoms with Gasteiger partial charge in [-0.2, -0.15) is 4.52 Å². The molecule has 1 fully saturated rings. The Morgan fingerprint density at radius 2 is 1.96 bits per heavy atom. The summed E-state index contributed by atoms with van der Waals surface area (Å²) in [6, 6.07) is 8.87. The highest BCUT2D eigenvalue weighted by atomic mass is 35.5. The average Bonchev–Trinajstić information content (AvgIpc) is 3.15. The Morgan fingerprint density at radius 3 is 2.73 bits per heavy atom. The molecule has 1 amide bonds. The quantitative estimate of drug-likeness (QED) is 0.697. The maximum absolute atomic E-state index is 12.8. The molecule has 4 rings (SSSR count). The standard InChI is InChI=1S/C17H17ClN6O2/c1-26-14-3-2-12(18)10-13(14)17(25)23-8-6-22(7-9-23)16-5-4-15-20-19-11-24(15)21-16/h2-5,10-11H,6-9H2,1H3. The lowest BCUT2D eigenvalue weighted by Gasteiger charge is -2.35. The number of carbonyl (C=O) groups is 1. The Bertz CT molecular complexity index is 951. The van der Waals surface area contributed by atoms with Crippen LogP contribution in [0.1, 0.15) is 10.4 Å². The second kappa shape index (κ2) is 6.80. The van der Waals surface area contributed by atoms with Gasteiger partial charge in [-0.05, 0) is 30.3 Å². The lowest BCUT2D eigenvalue weighted by Crippen LogP contribution is -2.49. The number of amides is 1. The van der Waals surface area contributed by atoms with Crippen LogP contribution < -0.4 is 9.64 Å². The van der Waals surface area contributed by atoms with Gasteiger partial charge in [-0.3, -0.25) is 4.79 Å². The van der Waals surface area contributed by atoms with E-state index in [9.17, 15) is 4.79 Å². The van der Waals surface area contributed by atoms with Crippen molar-refractivity contribution >= 4 is 29.0 Å². The number of fused-ring (bicyclic) bond motifs is 1. The highest BCUT2D eigenvalue weighted by Crippen LogP contribution is 2.25. The average molecular weight is 373 g/mol. The predicted octanol–water partition coefficient (Wildman–Crippen LogP) is 1.75. The molecule has 1 aliphatic rings. The molecule has 2 aromatic heterocycles. The maximum atomic E-state index is 12.8. The number of carbonyl (C=O) groups excluding carboxylic acids is 1. The van der Waals surface area contributed by atoms with Gasteiger partial charge in [0.05, 0.1) is 12.7 Å².